The Hall–Kier alpha value is -1.08. The Morgan fingerprint density at radius 3 is 2.87 bits per heavy atom. The summed E-state index contributed by atoms with van der Waals surface area (Å²) in [6.07, 6.45) is 12.2. The smallest absolute Gasteiger partial charge is 0.0345 e. The van der Waals surface area contributed by atoms with Gasteiger partial charge in [-0.15, -0.1) is 11.3 Å². The molecule has 2 rings (SSSR count). The Balaban J connectivity index is 2.27. The molecular weight excluding hydrogens is 200 g/mol. The monoisotopic (exact) mass is 216 g/mol. The molecule has 1 unspecified atom stereocenters. The van der Waals surface area contributed by atoms with Crippen molar-refractivity contribution in [3.63, 3.8) is 0 Å². The molecule has 1 aliphatic carbocycles. The number of rotatable bonds is 2. The van der Waals surface area contributed by atoms with Gasteiger partial charge in [0.15, 0.2) is 0 Å². The third kappa shape index (κ3) is 2.48. The van der Waals surface area contributed by atoms with Gasteiger partial charge in [-0.1, -0.05) is 44.2 Å². The molecule has 0 aromatic carbocycles. The van der Waals surface area contributed by atoms with Crippen molar-refractivity contribution in [3.8, 4) is 0 Å². The SMILES string of the molecule is CCc1ccc(C2=CC=CC(C)C=C2)s1. The fourth-order valence-electron chi connectivity index (χ4n) is 1.60. The lowest BCUT2D eigenvalue weighted by molar-refractivity contribution is 0.943. The minimum Gasteiger partial charge on any atom is -0.140 e. The summed E-state index contributed by atoms with van der Waals surface area (Å²) < 4.78 is 0. The van der Waals surface area contributed by atoms with Crippen LogP contribution in [0.1, 0.15) is 23.6 Å². The molecule has 0 nitrogen and oxygen atoms in total. The molecule has 0 saturated carbocycles. The predicted octanol–water partition coefficient (Wildman–Crippen LogP) is 4.46. The Kier molecular flexibility index (Phi) is 3.22. The normalized spacial score (nSPS) is 20.1. The first-order chi connectivity index (χ1) is 7.29. The Morgan fingerprint density at radius 1 is 1.27 bits per heavy atom. The van der Waals surface area contributed by atoms with E-state index in [1.54, 1.807) is 0 Å². The van der Waals surface area contributed by atoms with Crippen molar-refractivity contribution in [1.82, 2.24) is 0 Å². The highest BCUT2D eigenvalue weighted by atomic mass is 32.1. The van der Waals surface area contributed by atoms with Crippen molar-refractivity contribution in [3.05, 3.63) is 52.3 Å². The van der Waals surface area contributed by atoms with E-state index < -0.39 is 0 Å². The van der Waals surface area contributed by atoms with Crippen molar-refractivity contribution in [2.45, 2.75) is 20.3 Å². The first kappa shape index (κ1) is 10.4. The molecule has 0 spiro atoms. The van der Waals surface area contributed by atoms with Crippen LogP contribution in [-0.4, -0.2) is 0 Å². The molecule has 1 aliphatic rings. The van der Waals surface area contributed by atoms with E-state index in [9.17, 15) is 0 Å². The van der Waals surface area contributed by atoms with E-state index >= 15 is 0 Å². The molecule has 0 bridgehead atoms. The van der Waals surface area contributed by atoms with Crippen LogP contribution in [-0.2, 0) is 6.42 Å². The molecule has 0 amide bonds. The summed E-state index contributed by atoms with van der Waals surface area (Å²) in [5.74, 6) is 0.546. The molecular formula is C14H16S. The fourth-order valence-corrected chi connectivity index (χ4v) is 2.55. The van der Waals surface area contributed by atoms with Gasteiger partial charge in [-0.05, 0) is 30.0 Å². The molecule has 78 valence electrons. The Bertz CT molecular complexity index is 418. The van der Waals surface area contributed by atoms with E-state index in [0.29, 0.717) is 5.92 Å². The molecule has 1 heteroatoms. The number of allylic oxidation sites excluding steroid dienone is 6. The van der Waals surface area contributed by atoms with Gasteiger partial charge in [-0.2, -0.15) is 0 Å². The maximum Gasteiger partial charge on any atom is 0.0345 e. The second-order valence-electron chi connectivity index (χ2n) is 3.84. The second kappa shape index (κ2) is 4.63. The summed E-state index contributed by atoms with van der Waals surface area (Å²) >= 11 is 1.90. The zero-order chi connectivity index (χ0) is 10.7. The lowest BCUT2D eigenvalue weighted by Crippen LogP contribution is -1.78. The van der Waals surface area contributed by atoms with Crippen molar-refractivity contribution < 1.29 is 0 Å². The Morgan fingerprint density at radius 2 is 2.13 bits per heavy atom. The van der Waals surface area contributed by atoms with Crippen LogP contribution >= 0.6 is 11.3 Å². The quantitative estimate of drug-likeness (QED) is 0.685. The molecule has 0 fully saturated rings. The first-order valence-corrected chi connectivity index (χ1v) is 6.27. The van der Waals surface area contributed by atoms with Crippen molar-refractivity contribution in [2.75, 3.05) is 0 Å². The lowest BCUT2D eigenvalue weighted by Gasteiger charge is -1.96. The average molecular weight is 216 g/mol. The van der Waals surface area contributed by atoms with Crippen molar-refractivity contribution >= 4 is 16.9 Å². The van der Waals surface area contributed by atoms with Crippen LogP contribution in [0, 0.1) is 5.92 Å². The molecule has 0 radical (unpaired) electrons. The van der Waals surface area contributed by atoms with Crippen LogP contribution in [0.4, 0.5) is 0 Å². The van der Waals surface area contributed by atoms with Crippen LogP contribution in [0.5, 0.6) is 0 Å². The largest absolute Gasteiger partial charge is 0.140 e. The molecule has 1 aromatic rings. The molecule has 1 aromatic heterocycles. The van der Waals surface area contributed by atoms with Gasteiger partial charge in [0.1, 0.15) is 0 Å². The highest BCUT2D eigenvalue weighted by molar-refractivity contribution is 7.13. The minimum atomic E-state index is 0.546. The number of hydrogen-bond donors (Lipinski definition) is 0. The van der Waals surface area contributed by atoms with Gasteiger partial charge in [-0.3, -0.25) is 0 Å². The third-order valence-electron chi connectivity index (χ3n) is 2.56. The molecule has 0 aliphatic heterocycles. The van der Waals surface area contributed by atoms with Gasteiger partial charge < -0.3 is 0 Å². The van der Waals surface area contributed by atoms with E-state index in [2.05, 4.69) is 56.4 Å². The molecule has 0 saturated heterocycles. The van der Waals surface area contributed by atoms with E-state index in [1.807, 2.05) is 11.3 Å². The highest BCUT2D eigenvalue weighted by Gasteiger charge is 2.03. The third-order valence-corrected chi connectivity index (χ3v) is 3.84. The van der Waals surface area contributed by atoms with Crippen molar-refractivity contribution in [2.24, 2.45) is 5.92 Å². The van der Waals surface area contributed by atoms with Crippen LogP contribution in [0.3, 0.4) is 0 Å². The van der Waals surface area contributed by atoms with Gasteiger partial charge in [0.05, 0.1) is 0 Å². The lowest BCUT2D eigenvalue weighted by atomic mass is 10.1. The summed E-state index contributed by atoms with van der Waals surface area (Å²) in [5.41, 5.74) is 1.33. The summed E-state index contributed by atoms with van der Waals surface area (Å²) in [6.45, 7) is 4.41. The van der Waals surface area contributed by atoms with Crippen LogP contribution in [0.15, 0.2) is 42.5 Å². The van der Waals surface area contributed by atoms with E-state index in [4.69, 9.17) is 0 Å². The number of hydrogen-bond acceptors (Lipinski definition) is 1. The average Bonchev–Trinajstić information content (AvgIpc) is 2.62. The summed E-state index contributed by atoms with van der Waals surface area (Å²) in [6, 6.07) is 4.45. The molecule has 1 atom stereocenters. The maximum atomic E-state index is 2.25. The highest BCUT2D eigenvalue weighted by Crippen LogP contribution is 2.27. The van der Waals surface area contributed by atoms with E-state index in [-0.39, 0.29) is 0 Å². The van der Waals surface area contributed by atoms with Gasteiger partial charge in [0.2, 0.25) is 0 Å². The van der Waals surface area contributed by atoms with E-state index in [0.717, 1.165) is 6.42 Å². The standard InChI is InChI=1S/C14H16S/c1-3-13-9-10-14(15-13)12-6-4-5-11(2)7-8-12/h4-11H,3H2,1-2H3. The first-order valence-electron chi connectivity index (χ1n) is 5.45. The molecule has 0 N–H and O–H groups in total. The van der Waals surface area contributed by atoms with Crippen LogP contribution in [0.25, 0.3) is 5.57 Å². The van der Waals surface area contributed by atoms with Gasteiger partial charge in [0.25, 0.3) is 0 Å². The minimum absolute atomic E-state index is 0.546. The maximum absolute atomic E-state index is 2.25. The van der Waals surface area contributed by atoms with Gasteiger partial charge in [0, 0.05) is 9.75 Å². The Labute approximate surface area is 95.6 Å². The summed E-state index contributed by atoms with van der Waals surface area (Å²) in [4.78, 5) is 2.84. The zero-order valence-electron chi connectivity index (χ0n) is 9.23. The van der Waals surface area contributed by atoms with E-state index in [1.165, 1.54) is 15.3 Å². The van der Waals surface area contributed by atoms with Crippen molar-refractivity contribution in [1.29, 1.82) is 0 Å². The second-order valence-corrected chi connectivity index (χ2v) is 5.01. The molecule has 15 heavy (non-hydrogen) atoms. The predicted molar refractivity (Wildman–Crippen MR) is 69.1 cm³/mol. The number of thiophene rings is 1. The summed E-state index contributed by atoms with van der Waals surface area (Å²) in [5, 5.41) is 0. The molecule has 1 heterocycles. The summed E-state index contributed by atoms with van der Waals surface area (Å²) in [7, 11) is 0. The van der Waals surface area contributed by atoms with Crippen LogP contribution in [0.2, 0.25) is 0 Å². The van der Waals surface area contributed by atoms with Gasteiger partial charge >= 0.3 is 0 Å². The number of aryl methyl sites for hydroxylation is 1. The van der Waals surface area contributed by atoms with Crippen LogP contribution < -0.4 is 0 Å². The zero-order valence-corrected chi connectivity index (χ0v) is 10.1. The topological polar surface area (TPSA) is 0 Å². The fraction of sp³-hybridized carbons (Fsp3) is 0.286. The van der Waals surface area contributed by atoms with Gasteiger partial charge in [-0.25, -0.2) is 0 Å².